The maximum atomic E-state index is 6.15. The molecule has 0 saturated carbocycles. The van der Waals surface area contributed by atoms with Crippen LogP contribution in [0, 0.1) is 5.92 Å². The van der Waals surface area contributed by atoms with Crippen molar-refractivity contribution in [1.82, 2.24) is 4.90 Å². The van der Waals surface area contributed by atoms with Gasteiger partial charge in [0.2, 0.25) is 0 Å². The summed E-state index contributed by atoms with van der Waals surface area (Å²) < 4.78 is 36.8. The first-order valence-electron chi connectivity index (χ1n) is 11.4. The molecule has 0 aromatic rings. The van der Waals surface area contributed by atoms with E-state index in [0.29, 0.717) is 5.92 Å². The Morgan fingerprint density at radius 1 is 0.621 bits per heavy atom. The minimum Gasteiger partial charge on any atom is -0.373 e. The van der Waals surface area contributed by atoms with E-state index in [9.17, 15) is 0 Å². The smallest absolute Gasteiger partial charge is 0.373 e. The van der Waals surface area contributed by atoms with E-state index in [1.54, 1.807) is 0 Å². The van der Waals surface area contributed by atoms with Crippen LogP contribution in [0.25, 0.3) is 0 Å². The van der Waals surface area contributed by atoms with Gasteiger partial charge in [0.1, 0.15) is 0 Å². The number of nitrogens with zero attached hydrogens (tertiary/aromatic N) is 1. The zero-order valence-corrected chi connectivity index (χ0v) is 20.4. The molecule has 0 spiro atoms. The molecule has 7 nitrogen and oxygen atoms in total. The Bertz CT molecular complexity index is 410. The van der Waals surface area contributed by atoms with Crippen molar-refractivity contribution in [1.29, 1.82) is 0 Å². The van der Waals surface area contributed by atoms with Crippen molar-refractivity contribution in [3.63, 3.8) is 0 Å². The summed E-state index contributed by atoms with van der Waals surface area (Å²) in [4.78, 5) is 2.36. The molecule has 6 fully saturated rings. The quantitative estimate of drug-likeness (QED) is 0.402. The Hall–Kier alpha value is 0.504. The predicted molar refractivity (Wildman–Crippen MR) is 117 cm³/mol. The van der Waals surface area contributed by atoms with E-state index >= 15 is 0 Å². The molecule has 6 aliphatic rings. The summed E-state index contributed by atoms with van der Waals surface area (Å²) in [5.74, 6) is 2.96. The van der Waals surface area contributed by atoms with Crippen LogP contribution in [0.1, 0.15) is 32.1 Å². The van der Waals surface area contributed by atoms with Crippen molar-refractivity contribution in [2.75, 3.05) is 70.8 Å². The summed E-state index contributed by atoms with van der Waals surface area (Å²) in [6.07, 6.45) is 5.71. The molecule has 0 aromatic heterocycles. The molecule has 6 saturated heterocycles. The number of thioether (sulfide) groups is 1. The molecule has 168 valence electrons. The van der Waals surface area contributed by atoms with Gasteiger partial charge in [-0.25, -0.2) is 0 Å². The van der Waals surface area contributed by atoms with E-state index in [1.807, 2.05) is 11.8 Å². The zero-order chi connectivity index (χ0) is 19.8. The Kier molecular flexibility index (Phi) is 8.91. The van der Waals surface area contributed by atoms with Gasteiger partial charge in [0.05, 0.1) is 19.8 Å². The topological polar surface area (TPSA) is 58.6 Å². The molecule has 6 rings (SSSR count). The molecule has 6 heterocycles. The van der Waals surface area contributed by atoms with Crippen molar-refractivity contribution in [3.8, 4) is 0 Å². The summed E-state index contributed by atoms with van der Waals surface area (Å²) in [5.41, 5.74) is 0. The molecular weight excluding hydrogens is 426 g/mol. The molecule has 29 heavy (non-hydrogen) atoms. The lowest BCUT2D eigenvalue weighted by Gasteiger charge is -2.38. The average molecular weight is 464 g/mol. The monoisotopic (exact) mass is 463 g/mol. The van der Waals surface area contributed by atoms with Crippen LogP contribution in [-0.4, -0.2) is 93.3 Å². The van der Waals surface area contributed by atoms with Crippen LogP contribution < -0.4 is 0 Å². The number of hydrogen-bond acceptors (Lipinski definition) is 8. The van der Waals surface area contributed by atoms with Crippen LogP contribution >= 0.6 is 11.8 Å². The number of hydrogen-bond donors (Lipinski definition) is 0. The van der Waals surface area contributed by atoms with Crippen molar-refractivity contribution in [3.05, 3.63) is 0 Å². The van der Waals surface area contributed by atoms with Crippen LogP contribution in [0.3, 0.4) is 0 Å². The summed E-state index contributed by atoms with van der Waals surface area (Å²) >= 11 is 2.01. The van der Waals surface area contributed by atoms with E-state index in [1.165, 1.54) is 19.3 Å². The van der Waals surface area contributed by atoms with E-state index in [2.05, 4.69) is 4.90 Å². The lowest BCUT2D eigenvalue weighted by molar-refractivity contribution is -0.00830. The molecule has 6 aliphatic heterocycles. The highest BCUT2D eigenvalue weighted by Gasteiger charge is 2.44. The minimum atomic E-state index is -2.44. The maximum absolute atomic E-state index is 6.15. The third-order valence-corrected chi connectivity index (χ3v) is 13.2. The van der Waals surface area contributed by atoms with Gasteiger partial charge in [-0.05, 0) is 49.5 Å². The first-order chi connectivity index (χ1) is 14.3. The normalized spacial score (nSPS) is 38.5. The Morgan fingerprint density at radius 2 is 1.03 bits per heavy atom. The van der Waals surface area contributed by atoms with Gasteiger partial charge in [-0.1, -0.05) is 0 Å². The fourth-order valence-electron chi connectivity index (χ4n) is 4.47. The molecule has 0 N–H and O–H groups in total. The van der Waals surface area contributed by atoms with Crippen LogP contribution in [0.15, 0.2) is 0 Å². The summed E-state index contributed by atoms with van der Waals surface area (Å²) in [5, 5.41) is 0. The maximum Gasteiger partial charge on any atom is 0.501 e. The third kappa shape index (κ3) is 6.74. The fraction of sp³-hybridized carbons (Fsp3) is 1.00. The van der Waals surface area contributed by atoms with Gasteiger partial charge in [-0.3, -0.25) is 4.90 Å². The first-order valence-corrected chi connectivity index (χ1v) is 16.4. The van der Waals surface area contributed by atoms with E-state index in [4.69, 9.17) is 26.6 Å². The molecular formula is C19H37NO6SSi2. The second-order valence-electron chi connectivity index (χ2n) is 8.35. The van der Waals surface area contributed by atoms with Crippen molar-refractivity contribution in [2.45, 2.75) is 44.2 Å². The second-order valence-corrected chi connectivity index (χ2v) is 15.0. The van der Waals surface area contributed by atoms with Gasteiger partial charge in [0, 0.05) is 51.5 Å². The Balaban J connectivity index is 1.13. The van der Waals surface area contributed by atoms with Crippen molar-refractivity contribution < 1.29 is 26.6 Å². The lowest BCUT2D eigenvalue weighted by Crippen LogP contribution is -2.55. The van der Waals surface area contributed by atoms with E-state index in [0.717, 1.165) is 95.7 Å². The highest BCUT2D eigenvalue weighted by molar-refractivity contribution is 7.99. The first kappa shape index (κ1) is 22.7. The van der Waals surface area contributed by atoms with Crippen molar-refractivity contribution >= 4 is 29.4 Å². The molecule has 0 aliphatic carbocycles. The number of rotatable bonds is 8. The third-order valence-electron chi connectivity index (χ3n) is 6.28. The molecule has 0 unspecified atom stereocenters. The Labute approximate surface area is 181 Å². The van der Waals surface area contributed by atoms with Crippen LogP contribution in [0.5, 0.6) is 0 Å². The summed E-state index contributed by atoms with van der Waals surface area (Å²) in [6, 6.07) is 1.89. The van der Waals surface area contributed by atoms with E-state index < -0.39 is 17.6 Å². The Morgan fingerprint density at radius 3 is 1.48 bits per heavy atom. The summed E-state index contributed by atoms with van der Waals surface area (Å²) in [7, 11) is -4.87. The highest BCUT2D eigenvalue weighted by Crippen LogP contribution is 2.29. The van der Waals surface area contributed by atoms with Crippen LogP contribution in [0.4, 0.5) is 0 Å². The lowest BCUT2D eigenvalue weighted by atomic mass is 9.99. The van der Waals surface area contributed by atoms with Gasteiger partial charge in [0.25, 0.3) is 0 Å². The fourth-order valence-corrected chi connectivity index (χ4v) is 11.0. The van der Waals surface area contributed by atoms with Gasteiger partial charge in [-0.15, -0.1) is 0 Å². The average Bonchev–Trinajstić information content (AvgIpc) is 2.61. The van der Waals surface area contributed by atoms with E-state index in [-0.39, 0.29) is 0 Å². The molecule has 0 radical (unpaired) electrons. The van der Waals surface area contributed by atoms with Crippen LogP contribution in [-0.2, 0) is 26.6 Å². The molecule has 0 amide bonds. The highest BCUT2D eigenvalue weighted by atomic mass is 32.2. The molecule has 0 aromatic carbocycles. The predicted octanol–water partition coefficient (Wildman–Crippen LogP) is 2.62. The summed E-state index contributed by atoms with van der Waals surface area (Å²) in [6.45, 7) is 7.70. The zero-order valence-electron chi connectivity index (χ0n) is 17.6. The molecule has 10 heteroatoms. The molecule has 4 bridgehead atoms. The minimum absolute atomic E-state index is 0.715. The van der Waals surface area contributed by atoms with Crippen molar-refractivity contribution in [2.24, 2.45) is 5.92 Å². The van der Waals surface area contributed by atoms with Gasteiger partial charge >= 0.3 is 17.6 Å². The second kappa shape index (κ2) is 11.4. The van der Waals surface area contributed by atoms with Crippen LogP contribution in [0.2, 0.25) is 12.1 Å². The van der Waals surface area contributed by atoms with Gasteiger partial charge in [0.15, 0.2) is 0 Å². The van der Waals surface area contributed by atoms with Gasteiger partial charge in [-0.2, -0.15) is 11.8 Å². The number of fused-ring (bicyclic) bond motifs is 12. The largest absolute Gasteiger partial charge is 0.501 e. The molecule has 0 atom stereocenters. The SMILES string of the molecule is C(CSCCC[Si]12OCCN(CCO1)CCO2)C[Si]12OCCC(CCO1)CCO2. The van der Waals surface area contributed by atoms with Gasteiger partial charge < -0.3 is 26.6 Å². The standard InChI is InChI=1S/C19H37NO6SSi2/c1(17-28-21-9-3-19(4-10-22-28)5-11-23-28)15-27-16-2-18-29-24-12-6-20(7-13-25-29)8-14-26-29/h19H,1-18H2.